The maximum atomic E-state index is 5.36. The van der Waals surface area contributed by atoms with Crippen molar-refractivity contribution in [3.63, 3.8) is 0 Å². The van der Waals surface area contributed by atoms with Crippen LogP contribution in [0.25, 0.3) is 0 Å². The highest BCUT2D eigenvalue weighted by Crippen LogP contribution is 2.23. The van der Waals surface area contributed by atoms with Crippen LogP contribution in [0.3, 0.4) is 0 Å². The smallest absolute Gasteiger partial charge is 0.246 e. The van der Waals surface area contributed by atoms with Crippen molar-refractivity contribution in [2.24, 2.45) is 0 Å². The van der Waals surface area contributed by atoms with Crippen LogP contribution in [0.5, 0.6) is 0 Å². The highest BCUT2D eigenvalue weighted by molar-refractivity contribution is 5.54. The van der Waals surface area contributed by atoms with Gasteiger partial charge in [0.2, 0.25) is 5.89 Å². The monoisotopic (exact) mass is 272 g/mol. The number of anilines is 1. The van der Waals surface area contributed by atoms with Gasteiger partial charge in [-0.3, -0.25) is 0 Å². The van der Waals surface area contributed by atoms with Crippen molar-refractivity contribution in [1.29, 1.82) is 0 Å². The van der Waals surface area contributed by atoms with Crippen molar-refractivity contribution in [2.45, 2.75) is 32.9 Å². The Kier molecular flexibility index (Phi) is 3.69. The van der Waals surface area contributed by atoms with Crippen LogP contribution >= 0.6 is 0 Å². The summed E-state index contributed by atoms with van der Waals surface area (Å²) in [4.78, 5) is 6.77. The van der Waals surface area contributed by atoms with Crippen LogP contribution < -0.4 is 10.2 Å². The molecule has 5 nitrogen and oxygen atoms in total. The molecule has 0 atom stereocenters. The number of benzene rings is 1. The Morgan fingerprint density at radius 2 is 2.20 bits per heavy atom. The molecule has 0 saturated heterocycles. The largest absolute Gasteiger partial charge is 0.361 e. The van der Waals surface area contributed by atoms with E-state index in [9.17, 15) is 0 Å². The summed E-state index contributed by atoms with van der Waals surface area (Å²) < 4.78 is 5.36. The summed E-state index contributed by atoms with van der Waals surface area (Å²) in [6, 6.07) is 8.47. The van der Waals surface area contributed by atoms with E-state index >= 15 is 0 Å². The van der Waals surface area contributed by atoms with Gasteiger partial charge in [0.25, 0.3) is 0 Å². The minimum absolute atomic E-state index is 0.297. The fraction of sp³-hybridized carbons (Fsp3) is 0.467. The van der Waals surface area contributed by atoms with Crippen molar-refractivity contribution in [3.8, 4) is 0 Å². The van der Waals surface area contributed by atoms with Crippen LogP contribution in [0.1, 0.15) is 37.0 Å². The lowest BCUT2D eigenvalue weighted by molar-refractivity contribution is 0.369. The molecule has 0 bridgehead atoms. The van der Waals surface area contributed by atoms with Gasteiger partial charge in [-0.2, -0.15) is 4.98 Å². The normalized spacial score (nSPS) is 15.2. The fourth-order valence-corrected chi connectivity index (χ4v) is 2.42. The van der Waals surface area contributed by atoms with Gasteiger partial charge in [-0.05, 0) is 11.6 Å². The van der Waals surface area contributed by atoms with Crippen LogP contribution in [0.15, 0.2) is 28.8 Å². The van der Waals surface area contributed by atoms with E-state index in [2.05, 4.69) is 58.5 Å². The third-order valence-electron chi connectivity index (χ3n) is 3.53. The van der Waals surface area contributed by atoms with Crippen LogP contribution in [0.4, 0.5) is 5.69 Å². The molecule has 2 heterocycles. The van der Waals surface area contributed by atoms with Crippen LogP contribution in [-0.4, -0.2) is 23.2 Å². The van der Waals surface area contributed by atoms with Crippen LogP contribution in [0, 0.1) is 0 Å². The molecule has 1 aliphatic rings. The summed E-state index contributed by atoms with van der Waals surface area (Å²) in [5.41, 5.74) is 2.57. The average molecular weight is 272 g/mol. The van der Waals surface area contributed by atoms with E-state index in [1.54, 1.807) is 0 Å². The molecule has 0 saturated carbocycles. The predicted octanol–water partition coefficient (Wildman–Crippen LogP) is 2.30. The van der Waals surface area contributed by atoms with Crippen molar-refractivity contribution < 1.29 is 4.52 Å². The SMILES string of the molecule is CC(C)c1noc(CN2CCNCc3ccccc32)n1. The summed E-state index contributed by atoms with van der Waals surface area (Å²) in [5, 5.41) is 7.47. The lowest BCUT2D eigenvalue weighted by Crippen LogP contribution is -2.28. The van der Waals surface area contributed by atoms with E-state index in [0.717, 1.165) is 25.5 Å². The van der Waals surface area contributed by atoms with Gasteiger partial charge in [0, 0.05) is 31.2 Å². The number of nitrogens with zero attached hydrogens (tertiary/aromatic N) is 3. The van der Waals surface area contributed by atoms with E-state index in [4.69, 9.17) is 4.52 Å². The third-order valence-corrected chi connectivity index (χ3v) is 3.53. The third kappa shape index (κ3) is 2.67. The number of rotatable bonds is 3. The molecule has 1 N–H and O–H groups in total. The molecule has 2 aromatic rings. The second-order valence-electron chi connectivity index (χ2n) is 5.43. The summed E-state index contributed by atoms with van der Waals surface area (Å²) in [7, 11) is 0. The summed E-state index contributed by atoms with van der Waals surface area (Å²) in [6.07, 6.45) is 0. The summed E-state index contributed by atoms with van der Waals surface area (Å²) in [5.74, 6) is 1.76. The molecule has 20 heavy (non-hydrogen) atoms. The molecular weight excluding hydrogens is 252 g/mol. The molecule has 3 rings (SSSR count). The Morgan fingerprint density at radius 3 is 3.00 bits per heavy atom. The molecule has 0 fully saturated rings. The Bertz CT molecular complexity index is 579. The molecule has 0 unspecified atom stereocenters. The molecular formula is C15H20N4O. The highest BCUT2D eigenvalue weighted by atomic mass is 16.5. The minimum atomic E-state index is 0.297. The molecule has 5 heteroatoms. The first-order valence-corrected chi connectivity index (χ1v) is 7.10. The maximum absolute atomic E-state index is 5.36. The van der Waals surface area contributed by atoms with Crippen LogP contribution in [0.2, 0.25) is 0 Å². The van der Waals surface area contributed by atoms with Gasteiger partial charge < -0.3 is 14.7 Å². The van der Waals surface area contributed by atoms with E-state index in [0.29, 0.717) is 18.4 Å². The van der Waals surface area contributed by atoms with Gasteiger partial charge in [0.15, 0.2) is 5.82 Å². The first-order chi connectivity index (χ1) is 9.74. The Balaban J connectivity index is 1.82. The van der Waals surface area contributed by atoms with Crippen molar-refractivity contribution in [3.05, 3.63) is 41.5 Å². The van der Waals surface area contributed by atoms with Crippen molar-refractivity contribution >= 4 is 5.69 Å². The molecule has 0 aliphatic carbocycles. The lowest BCUT2D eigenvalue weighted by Gasteiger charge is -2.22. The van der Waals surface area contributed by atoms with Gasteiger partial charge in [-0.15, -0.1) is 0 Å². The number of nitrogens with one attached hydrogen (secondary N) is 1. The number of fused-ring (bicyclic) bond motifs is 1. The molecule has 0 spiro atoms. The second-order valence-corrected chi connectivity index (χ2v) is 5.43. The first-order valence-electron chi connectivity index (χ1n) is 7.10. The first kappa shape index (κ1) is 13.1. The van der Waals surface area contributed by atoms with E-state index in [-0.39, 0.29) is 0 Å². The zero-order valence-corrected chi connectivity index (χ0v) is 12.0. The number of para-hydroxylation sites is 1. The summed E-state index contributed by atoms with van der Waals surface area (Å²) >= 11 is 0. The zero-order valence-electron chi connectivity index (χ0n) is 12.0. The van der Waals surface area contributed by atoms with Gasteiger partial charge >= 0.3 is 0 Å². The van der Waals surface area contributed by atoms with Crippen LogP contribution in [-0.2, 0) is 13.1 Å². The van der Waals surface area contributed by atoms with Crippen molar-refractivity contribution in [1.82, 2.24) is 15.5 Å². The standard InChI is InChI=1S/C15H20N4O/c1-11(2)15-17-14(20-18-15)10-19-8-7-16-9-12-5-3-4-6-13(12)19/h3-6,11,16H,7-10H2,1-2H3. The van der Waals surface area contributed by atoms with Gasteiger partial charge in [0.05, 0.1) is 6.54 Å². The molecule has 1 aromatic carbocycles. The van der Waals surface area contributed by atoms with Gasteiger partial charge in [-0.25, -0.2) is 0 Å². The van der Waals surface area contributed by atoms with Gasteiger partial charge in [0.1, 0.15) is 0 Å². The lowest BCUT2D eigenvalue weighted by atomic mass is 10.1. The molecule has 0 amide bonds. The Labute approximate surface area is 119 Å². The van der Waals surface area contributed by atoms with Crippen molar-refractivity contribution in [2.75, 3.05) is 18.0 Å². The van der Waals surface area contributed by atoms with E-state index < -0.39 is 0 Å². The summed E-state index contributed by atoms with van der Waals surface area (Å²) in [6.45, 7) is 7.61. The molecule has 1 aliphatic heterocycles. The predicted molar refractivity (Wildman–Crippen MR) is 77.6 cm³/mol. The average Bonchev–Trinajstić information content (AvgIpc) is 2.82. The number of aromatic nitrogens is 2. The Hall–Kier alpha value is -1.88. The topological polar surface area (TPSA) is 54.2 Å². The maximum Gasteiger partial charge on any atom is 0.246 e. The van der Waals surface area contributed by atoms with E-state index in [1.165, 1.54) is 11.3 Å². The molecule has 106 valence electrons. The second kappa shape index (κ2) is 5.63. The van der Waals surface area contributed by atoms with Gasteiger partial charge in [-0.1, -0.05) is 37.2 Å². The number of hydrogen-bond acceptors (Lipinski definition) is 5. The fourth-order valence-electron chi connectivity index (χ4n) is 2.42. The van der Waals surface area contributed by atoms with E-state index in [1.807, 2.05) is 0 Å². The molecule has 0 radical (unpaired) electrons. The quantitative estimate of drug-likeness (QED) is 0.929. The zero-order chi connectivity index (χ0) is 13.9. The molecule has 1 aromatic heterocycles. The highest BCUT2D eigenvalue weighted by Gasteiger charge is 2.18. The number of hydrogen-bond donors (Lipinski definition) is 1. The minimum Gasteiger partial charge on any atom is -0.361 e. The Morgan fingerprint density at radius 1 is 1.35 bits per heavy atom.